The molecule has 1 unspecified atom stereocenters. The van der Waals surface area contributed by atoms with E-state index in [0.717, 1.165) is 18.7 Å². The molecule has 5 heteroatoms. The standard InChI is InChI=1S/C15H19ClFN3/c1-3-8-18-14(13-7-9-20(2)19-13)10-11-5-4-6-12(16)15(11)17/h4-7,9,14,18H,3,8,10H2,1-2H3. The first-order valence-corrected chi connectivity index (χ1v) is 7.15. The molecule has 1 N–H and O–H groups in total. The molecule has 2 aromatic rings. The van der Waals surface area contributed by atoms with E-state index in [1.54, 1.807) is 22.9 Å². The Kier molecular flexibility index (Phi) is 5.15. The van der Waals surface area contributed by atoms with Crippen LogP contribution in [0.1, 0.15) is 30.6 Å². The summed E-state index contributed by atoms with van der Waals surface area (Å²) in [5.41, 5.74) is 1.53. The molecule has 108 valence electrons. The third-order valence-electron chi connectivity index (χ3n) is 3.19. The Labute approximate surface area is 123 Å². The van der Waals surface area contributed by atoms with E-state index in [9.17, 15) is 4.39 Å². The summed E-state index contributed by atoms with van der Waals surface area (Å²) in [5, 5.41) is 7.98. The van der Waals surface area contributed by atoms with Crippen molar-refractivity contribution in [2.75, 3.05) is 6.54 Å². The fourth-order valence-electron chi connectivity index (χ4n) is 2.14. The summed E-state index contributed by atoms with van der Waals surface area (Å²) in [6.45, 7) is 2.96. The first-order valence-electron chi connectivity index (χ1n) is 6.77. The summed E-state index contributed by atoms with van der Waals surface area (Å²) >= 11 is 5.84. The van der Waals surface area contributed by atoms with Gasteiger partial charge in [-0.2, -0.15) is 5.10 Å². The van der Waals surface area contributed by atoms with E-state index in [1.165, 1.54) is 0 Å². The lowest BCUT2D eigenvalue weighted by molar-refractivity contribution is 0.498. The smallest absolute Gasteiger partial charge is 0.145 e. The Hall–Kier alpha value is -1.39. The van der Waals surface area contributed by atoms with Gasteiger partial charge in [0.1, 0.15) is 5.82 Å². The van der Waals surface area contributed by atoms with E-state index < -0.39 is 0 Å². The van der Waals surface area contributed by atoms with Crippen LogP contribution in [-0.4, -0.2) is 16.3 Å². The predicted octanol–water partition coefficient (Wildman–Crippen LogP) is 3.50. The highest BCUT2D eigenvalue weighted by atomic mass is 35.5. The molecule has 1 aromatic carbocycles. The second-order valence-corrected chi connectivity index (χ2v) is 5.25. The van der Waals surface area contributed by atoms with Crippen LogP contribution in [0.5, 0.6) is 0 Å². The van der Waals surface area contributed by atoms with Gasteiger partial charge in [0, 0.05) is 13.2 Å². The maximum atomic E-state index is 14.0. The van der Waals surface area contributed by atoms with Gasteiger partial charge in [0.15, 0.2) is 0 Å². The van der Waals surface area contributed by atoms with E-state index in [0.29, 0.717) is 12.0 Å². The number of nitrogens with one attached hydrogen (secondary N) is 1. The SMILES string of the molecule is CCCNC(Cc1cccc(Cl)c1F)c1ccn(C)n1. The molecule has 0 saturated carbocycles. The number of halogens is 2. The van der Waals surface area contributed by atoms with Crippen molar-refractivity contribution in [1.82, 2.24) is 15.1 Å². The molecule has 3 nitrogen and oxygen atoms in total. The fraction of sp³-hybridized carbons (Fsp3) is 0.400. The highest BCUT2D eigenvalue weighted by molar-refractivity contribution is 6.30. The molecule has 0 aliphatic carbocycles. The second-order valence-electron chi connectivity index (χ2n) is 4.84. The van der Waals surface area contributed by atoms with Crippen LogP contribution >= 0.6 is 11.6 Å². The molecule has 0 bridgehead atoms. The maximum Gasteiger partial charge on any atom is 0.145 e. The molecular weight excluding hydrogens is 277 g/mol. The van der Waals surface area contributed by atoms with Crippen molar-refractivity contribution >= 4 is 11.6 Å². The summed E-state index contributed by atoms with van der Waals surface area (Å²) in [4.78, 5) is 0. The predicted molar refractivity (Wildman–Crippen MR) is 79.4 cm³/mol. The summed E-state index contributed by atoms with van der Waals surface area (Å²) < 4.78 is 15.8. The van der Waals surface area contributed by atoms with Crippen LogP contribution in [0.15, 0.2) is 30.5 Å². The summed E-state index contributed by atoms with van der Waals surface area (Å²) in [5.74, 6) is -0.339. The number of benzene rings is 1. The molecule has 1 heterocycles. The fourth-order valence-corrected chi connectivity index (χ4v) is 2.34. The molecule has 1 atom stereocenters. The molecule has 0 aliphatic heterocycles. The second kappa shape index (κ2) is 6.86. The Morgan fingerprint density at radius 3 is 2.85 bits per heavy atom. The third kappa shape index (κ3) is 3.58. The lowest BCUT2D eigenvalue weighted by Gasteiger charge is -2.17. The van der Waals surface area contributed by atoms with Gasteiger partial charge in [0.05, 0.1) is 16.8 Å². The lowest BCUT2D eigenvalue weighted by Crippen LogP contribution is -2.25. The first-order chi connectivity index (χ1) is 9.61. The Balaban J connectivity index is 2.21. The van der Waals surface area contributed by atoms with Crippen LogP contribution in [0.3, 0.4) is 0 Å². The van der Waals surface area contributed by atoms with Crippen LogP contribution in [0, 0.1) is 5.82 Å². The monoisotopic (exact) mass is 295 g/mol. The topological polar surface area (TPSA) is 29.9 Å². The number of aromatic nitrogens is 2. The molecule has 0 aliphatic rings. The van der Waals surface area contributed by atoms with E-state index >= 15 is 0 Å². The average Bonchev–Trinajstić information content (AvgIpc) is 2.86. The average molecular weight is 296 g/mol. The van der Waals surface area contributed by atoms with E-state index in [-0.39, 0.29) is 16.9 Å². The zero-order chi connectivity index (χ0) is 14.5. The van der Waals surface area contributed by atoms with Crippen molar-refractivity contribution in [3.05, 3.63) is 52.6 Å². The van der Waals surface area contributed by atoms with Gasteiger partial charge in [-0.3, -0.25) is 4.68 Å². The number of hydrogen-bond donors (Lipinski definition) is 1. The highest BCUT2D eigenvalue weighted by Crippen LogP contribution is 2.23. The minimum atomic E-state index is -0.339. The molecular formula is C15H19ClFN3. The van der Waals surface area contributed by atoms with Crippen molar-refractivity contribution in [2.45, 2.75) is 25.8 Å². The maximum absolute atomic E-state index is 14.0. The molecule has 0 saturated heterocycles. The minimum absolute atomic E-state index is 0.0101. The van der Waals surface area contributed by atoms with Crippen molar-refractivity contribution in [3.8, 4) is 0 Å². The number of hydrogen-bond acceptors (Lipinski definition) is 2. The van der Waals surface area contributed by atoms with Gasteiger partial charge in [0.2, 0.25) is 0 Å². The zero-order valence-electron chi connectivity index (χ0n) is 11.7. The van der Waals surface area contributed by atoms with Crippen LogP contribution in [0.4, 0.5) is 4.39 Å². The number of rotatable bonds is 6. The first kappa shape index (κ1) is 15.0. The summed E-state index contributed by atoms with van der Waals surface area (Å²) in [7, 11) is 1.88. The largest absolute Gasteiger partial charge is 0.308 e. The van der Waals surface area contributed by atoms with Crippen LogP contribution < -0.4 is 5.32 Å². The van der Waals surface area contributed by atoms with Crippen molar-refractivity contribution in [3.63, 3.8) is 0 Å². The molecule has 0 radical (unpaired) electrons. The van der Waals surface area contributed by atoms with Gasteiger partial charge in [-0.15, -0.1) is 0 Å². The molecule has 0 fully saturated rings. The van der Waals surface area contributed by atoms with Crippen molar-refractivity contribution < 1.29 is 4.39 Å². The molecule has 2 rings (SSSR count). The Morgan fingerprint density at radius 2 is 2.20 bits per heavy atom. The van der Waals surface area contributed by atoms with Gasteiger partial charge >= 0.3 is 0 Å². The molecule has 0 spiro atoms. The van der Waals surface area contributed by atoms with Crippen molar-refractivity contribution in [1.29, 1.82) is 0 Å². The molecule has 1 aromatic heterocycles. The lowest BCUT2D eigenvalue weighted by atomic mass is 10.0. The normalized spacial score (nSPS) is 12.6. The summed E-state index contributed by atoms with van der Waals surface area (Å²) in [6.07, 6.45) is 3.44. The van der Waals surface area contributed by atoms with Crippen LogP contribution in [-0.2, 0) is 13.5 Å². The van der Waals surface area contributed by atoms with Crippen LogP contribution in [0.2, 0.25) is 5.02 Å². The molecule has 0 amide bonds. The number of aryl methyl sites for hydroxylation is 1. The van der Waals surface area contributed by atoms with Gasteiger partial charge in [-0.1, -0.05) is 30.7 Å². The quantitative estimate of drug-likeness (QED) is 0.884. The minimum Gasteiger partial charge on any atom is -0.308 e. The van der Waals surface area contributed by atoms with E-state index in [4.69, 9.17) is 11.6 Å². The van der Waals surface area contributed by atoms with Crippen LogP contribution in [0.25, 0.3) is 0 Å². The summed E-state index contributed by atoms with van der Waals surface area (Å²) in [6, 6.07) is 7.05. The number of nitrogens with zero attached hydrogens (tertiary/aromatic N) is 2. The van der Waals surface area contributed by atoms with Gasteiger partial charge in [-0.25, -0.2) is 4.39 Å². The van der Waals surface area contributed by atoms with E-state index in [1.807, 2.05) is 19.3 Å². The Morgan fingerprint density at radius 1 is 1.40 bits per heavy atom. The van der Waals surface area contributed by atoms with Gasteiger partial charge < -0.3 is 5.32 Å². The zero-order valence-corrected chi connectivity index (χ0v) is 12.5. The van der Waals surface area contributed by atoms with Gasteiger partial charge in [0.25, 0.3) is 0 Å². The van der Waals surface area contributed by atoms with E-state index in [2.05, 4.69) is 17.3 Å². The third-order valence-corrected chi connectivity index (χ3v) is 3.48. The van der Waals surface area contributed by atoms with Crippen molar-refractivity contribution in [2.24, 2.45) is 7.05 Å². The highest BCUT2D eigenvalue weighted by Gasteiger charge is 2.17. The molecule has 20 heavy (non-hydrogen) atoms. The van der Waals surface area contributed by atoms with Gasteiger partial charge in [-0.05, 0) is 37.1 Å². The Bertz CT molecular complexity index is 568.